The van der Waals surface area contributed by atoms with Crippen LogP contribution < -0.4 is 5.32 Å². The minimum absolute atomic E-state index is 0.126. The van der Waals surface area contributed by atoms with Crippen LogP contribution in [0.3, 0.4) is 0 Å². The highest BCUT2D eigenvalue weighted by atomic mass is 32.2. The molecular weight excluding hydrogens is 368 g/mol. The number of hydrogen-bond acceptors (Lipinski definition) is 6. The van der Waals surface area contributed by atoms with E-state index in [-0.39, 0.29) is 11.3 Å². The van der Waals surface area contributed by atoms with E-state index in [9.17, 15) is 18.0 Å². The number of carbonyl (C=O) groups is 2. The summed E-state index contributed by atoms with van der Waals surface area (Å²) < 4.78 is 27.7. The minimum Gasteiger partial charge on any atom is -0.449 e. The molecule has 7 nitrogen and oxygen atoms in total. The molecule has 1 atom stereocenters. The van der Waals surface area contributed by atoms with Gasteiger partial charge in [0.1, 0.15) is 6.07 Å². The number of rotatable bonds is 6. The molecule has 8 heteroatoms. The fraction of sp³-hybridized carbons (Fsp3) is 0.211. The third kappa shape index (κ3) is 5.94. The number of esters is 1. The van der Waals surface area contributed by atoms with E-state index in [1.165, 1.54) is 31.2 Å². The second kappa shape index (κ2) is 8.47. The van der Waals surface area contributed by atoms with Gasteiger partial charge < -0.3 is 10.1 Å². The van der Waals surface area contributed by atoms with Gasteiger partial charge in [-0.1, -0.05) is 24.3 Å². The van der Waals surface area contributed by atoms with Gasteiger partial charge in [-0.3, -0.25) is 4.79 Å². The molecule has 0 aliphatic carbocycles. The first-order valence-corrected chi connectivity index (χ1v) is 10.0. The smallest absolute Gasteiger partial charge is 0.338 e. The predicted molar refractivity (Wildman–Crippen MR) is 99.7 cm³/mol. The van der Waals surface area contributed by atoms with Crippen LogP contribution in [0.2, 0.25) is 0 Å². The van der Waals surface area contributed by atoms with Gasteiger partial charge in [-0.25, -0.2) is 13.2 Å². The molecule has 0 unspecified atom stereocenters. The highest BCUT2D eigenvalue weighted by Crippen LogP contribution is 2.15. The molecule has 140 valence electrons. The normalized spacial score (nSPS) is 11.9. The van der Waals surface area contributed by atoms with Gasteiger partial charge >= 0.3 is 5.97 Å². The third-order valence-electron chi connectivity index (χ3n) is 3.58. The van der Waals surface area contributed by atoms with Crippen LogP contribution in [0.25, 0.3) is 0 Å². The number of carbonyl (C=O) groups excluding carboxylic acids is 2. The molecule has 0 saturated heterocycles. The van der Waals surface area contributed by atoms with Crippen molar-refractivity contribution in [2.24, 2.45) is 0 Å². The van der Waals surface area contributed by atoms with Gasteiger partial charge in [0.25, 0.3) is 5.91 Å². The molecular formula is C19H18N2O5S. The van der Waals surface area contributed by atoms with E-state index in [1.54, 1.807) is 24.3 Å². The number of nitrogens with zero attached hydrogens (tertiary/aromatic N) is 1. The lowest BCUT2D eigenvalue weighted by atomic mass is 10.1. The molecule has 0 heterocycles. The fourth-order valence-corrected chi connectivity index (χ4v) is 3.04. The highest BCUT2D eigenvalue weighted by molar-refractivity contribution is 7.89. The Bertz CT molecular complexity index is 992. The molecule has 2 aromatic rings. The molecule has 0 saturated carbocycles. The summed E-state index contributed by atoms with van der Waals surface area (Å²) in [4.78, 5) is 24.4. The highest BCUT2D eigenvalue weighted by Gasteiger charge is 2.20. The molecule has 0 radical (unpaired) electrons. The average molecular weight is 386 g/mol. The number of benzene rings is 2. The van der Waals surface area contributed by atoms with E-state index in [2.05, 4.69) is 5.32 Å². The fourth-order valence-electron chi connectivity index (χ4n) is 2.25. The third-order valence-corrected chi connectivity index (χ3v) is 4.43. The Balaban J connectivity index is 2.00. The molecule has 0 spiro atoms. The molecule has 0 fully saturated rings. The molecule has 1 amide bonds. The number of nitrogens with one attached hydrogen (secondary N) is 1. The van der Waals surface area contributed by atoms with Gasteiger partial charge in [-0.05, 0) is 36.8 Å². The van der Waals surface area contributed by atoms with Crippen molar-refractivity contribution >= 4 is 27.4 Å². The van der Waals surface area contributed by atoms with Crippen molar-refractivity contribution < 1.29 is 22.7 Å². The Hall–Kier alpha value is -3.18. The van der Waals surface area contributed by atoms with Crippen LogP contribution in [0.1, 0.15) is 28.4 Å². The van der Waals surface area contributed by atoms with Gasteiger partial charge in [-0.2, -0.15) is 5.26 Å². The molecule has 27 heavy (non-hydrogen) atoms. The Morgan fingerprint density at radius 3 is 2.37 bits per heavy atom. The number of amides is 1. The molecule has 0 bridgehead atoms. The van der Waals surface area contributed by atoms with Gasteiger partial charge in [0.05, 0.1) is 22.6 Å². The number of ether oxygens (including phenoxy) is 1. The van der Waals surface area contributed by atoms with Gasteiger partial charge in [0.2, 0.25) is 0 Å². The lowest BCUT2D eigenvalue weighted by Gasteiger charge is -2.14. The van der Waals surface area contributed by atoms with Crippen LogP contribution in [0, 0.1) is 11.3 Å². The van der Waals surface area contributed by atoms with Crippen LogP contribution in [0.5, 0.6) is 0 Å². The van der Waals surface area contributed by atoms with Crippen molar-refractivity contribution in [3.05, 3.63) is 65.2 Å². The van der Waals surface area contributed by atoms with Crippen LogP contribution in [0.4, 0.5) is 5.69 Å². The van der Waals surface area contributed by atoms with Crippen LogP contribution in [-0.2, 0) is 25.1 Å². The Morgan fingerprint density at radius 1 is 1.15 bits per heavy atom. The van der Waals surface area contributed by atoms with E-state index in [0.29, 0.717) is 16.8 Å². The van der Waals surface area contributed by atoms with Crippen molar-refractivity contribution in [1.82, 2.24) is 0 Å². The quantitative estimate of drug-likeness (QED) is 0.762. The number of para-hydroxylation sites is 1. The first kappa shape index (κ1) is 20.1. The van der Waals surface area contributed by atoms with Crippen molar-refractivity contribution in [1.29, 1.82) is 5.26 Å². The zero-order valence-electron chi connectivity index (χ0n) is 14.8. The van der Waals surface area contributed by atoms with E-state index < -0.39 is 27.8 Å². The summed E-state index contributed by atoms with van der Waals surface area (Å²) in [5.74, 6) is -1.41. The lowest BCUT2D eigenvalue weighted by Crippen LogP contribution is -2.30. The summed E-state index contributed by atoms with van der Waals surface area (Å²) in [7, 11) is -3.17. The maximum absolute atomic E-state index is 12.2. The minimum atomic E-state index is -3.17. The lowest BCUT2D eigenvalue weighted by molar-refractivity contribution is -0.123. The summed E-state index contributed by atoms with van der Waals surface area (Å²) in [6.45, 7) is 1.42. The maximum atomic E-state index is 12.2. The Labute approximate surface area is 157 Å². The second-order valence-corrected chi connectivity index (χ2v) is 8.10. The van der Waals surface area contributed by atoms with Crippen molar-refractivity contribution in [3.63, 3.8) is 0 Å². The predicted octanol–water partition coefficient (Wildman–Crippen LogP) is 2.29. The summed E-state index contributed by atoms with van der Waals surface area (Å²) >= 11 is 0. The van der Waals surface area contributed by atoms with Gasteiger partial charge in [0.15, 0.2) is 15.9 Å². The zero-order chi connectivity index (χ0) is 20.0. The van der Waals surface area contributed by atoms with Gasteiger partial charge in [-0.15, -0.1) is 0 Å². The van der Waals surface area contributed by atoms with E-state index in [0.717, 1.165) is 6.26 Å². The number of anilines is 1. The van der Waals surface area contributed by atoms with E-state index >= 15 is 0 Å². The first-order chi connectivity index (χ1) is 12.7. The molecule has 2 rings (SSSR count). The summed E-state index contributed by atoms with van der Waals surface area (Å²) in [5.41, 5.74) is 1.38. The monoisotopic (exact) mass is 386 g/mol. The molecule has 0 aliphatic heterocycles. The Kier molecular flexibility index (Phi) is 6.32. The largest absolute Gasteiger partial charge is 0.449 e. The number of nitriles is 1. The van der Waals surface area contributed by atoms with E-state index in [1.807, 2.05) is 6.07 Å². The zero-order valence-corrected chi connectivity index (χ0v) is 15.6. The second-order valence-electron chi connectivity index (χ2n) is 5.96. The summed E-state index contributed by atoms with van der Waals surface area (Å²) in [6.07, 6.45) is 0.0415. The SMILES string of the molecule is C[C@H](OC(=O)c1ccc(CS(C)(=O)=O)cc1)C(=O)Nc1ccccc1C#N. The first-order valence-electron chi connectivity index (χ1n) is 7.97. The number of hydrogen-bond donors (Lipinski definition) is 1. The molecule has 1 N–H and O–H groups in total. The van der Waals surface area contributed by atoms with Crippen LogP contribution >= 0.6 is 0 Å². The summed E-state index contributed by atoms with van der Waals surface area (Å²) in [5, 5.41) is 11.6. The molecule has 0 aliphatic rings. The maximum Gasteiger partial charge on any atom is 0.338 e. The van der Waals surface area contributed by atoms with Crippen molar-refractivity contribution in [3.8, 4) is 6.07 Å². The van der Waals surface area contributed by atoms with Crippen molar-refractivity contribution in [2.75, 3.05) is 11.6 Å². The molecule has 0 aromatic heterocycles. The van der Waals surface area contributed by atoms with E-state index in [4.69, 9.17) is 10.00 Å². The summed E-state index contributed by atoms with van der Waals surface area (Å²) in [6, 6.07) is 14.4. The standard InChI is InChI=1S/C19H18N2O5S/c1-13(18(22)21-17-6-4-3-5-16(17)11-20)26-19(23)15-9-7-14(8-10-15)12-27(2,24)25/h3-10,13H,12H2,1-2H3,(H,21,22)/t13-/m0/s1. The number of sulfone groups is 1. The topological polar surface area (TPSA) is 113 Å². The Morgan fingerprint density at radius 2 is 1.78 bits per heavy atom. The van der Waals surface area contributed by atoms with Crippen LogP contribution in [-0.4, -0.2) is 32.7 Å². The van der Waals surface area contributed by atoms with Gasteiger partial charge in [0, 0.05) is 6.26 Å². The van der Waals surface area contributed by atoms with Crippen molar-refractivity contribution in [2.45, 2.75) is 18.8 Å². The average Bonchev–Trinajstić information content (AvgIpc) is 2.61. The van der Waals surface area contributed by atoms with Crippen LogP contribution in [0.15, 0.2) is 48.5 Å². The molecule has 2 aromatic carbocycles.